The third-order valence-electron chi connectivity index (χ3n) is 9.67. The molecule has 0 radical (unpaired) electrons. The van der Waals surface area contributed by atoms with Crippen LogP contribution in [0.5, 0.6) is 0 Å². The predicted molar refractivity (Wildman–Crippen MR) is 196 cm³/mol. The maximum absolute atomic E-state index is 4.91. The molecule has 5 heteroatoms. The van der Waals surface area contributed by atoms with Crippen LogP contribution in [-0.4, -0.2) is 29.8 Å². The van der Waals surface area contributed by atoms with Crippen LogP contribution in [0.25, 0.3) is 27.6 Å². The van der Waals surface area contributed by atoms with Crippen molar-refractivity contribution in [3.05, 3.63) is 115 Å². The highest BCUT2D eigenvalue weighted by Gasteiger charge is 2.34. The normalized spacial score (nSPS) is 14.0. The van der Waals surface area contributed by atoms with Crippen molar-refractivity contribution in [1.29, 1.82) is 0 Å². The highest BCUT2D eigenvalue weighted by atomic mass is 28.3. The molecule has 2 aromatic heterocycles. The molecule has 0 saturated heterocycles. The van der Waals surface area contributed by atoms with E-state index in [-0.39, 0.29) is 11.0 Å². The zero-order valence-electron chi connectivity index (χ0n) is 27.9. The second-order valence-corrected chi connectivity index (χ2v) is 19.5. The lowest BCUT2D eigenvalue weighted by Crippen LogP contribution is -2.53. The van der Waals surface area contributed by atoms with Gasteiger partial charge in [0.15, 0.2) is 0 Å². The molecule has 0 bridgehead atoms. The number of fused-ring (bicyclic) bond motifs is 4. The number of aromatic nitrogens is 2. The molecule has 6 aromatic rings. The molecule has 0 amide bonds. The fraction of sp³-hybridized carbons (Fsp3) is 0.275. The van der Waals surface area contributed by atoms with Crippen molar-refractivity contribution in [2.45, 2.75) is 65.6 Å². The highest BCUT2D eigenvalue weighted by Crippen LogP contribution is 2.43. The summed E-state index contributed by atoms with van der Waals surface area (Å²) in [7, 11) is -2.09. The number of para-hydroxylation sites is 3. The van der Waals surface area contributed by atoms with Gasteiger partial charge in [-0.25, -0.2) is 4.98 Å². The quantitative estimate of drug-likeness (QED) is 0.187. The maximum Gasteiger partial charge on any atom is 0.137 e. The van der Waals surface area contributed by atoms with Crippen molar-refractivity contribution in [3.63, 3.8) is 0 Å². The molecule has 1 aliphatic rings. The van der Waals surface area contributed by atoms with E-state index in [2.05, 4.69) is 172 Å². The molecule has 1 aliphatic heterocycles. The Morgan fingerprint density at radius 3 is 2.09 bits per heavy atom. The van der Waals surface area contributed by atoms with Gasteiger partial charge in [-0.3, -0.25) is 4.57 Å². The lowest BCUT2D eigenvalue weighted by molar-refractivity contribution is 0.518. The summed E-state index contributed by atoms with van der Waals surface area (Å²) in [6.07, 6.45) is 1.96. The summed E-state index contributed by atoms with van der Waals surface area (Å²) in [5.41, 5.74) is 7.61. The van der Waals surface area contributed by atoms with Crippen molar-refractivity contribution < 1.29 is 0 Å². The molecule has 45 heavy (non-hydrogen) atoms. The van der Waals surface area contributed by atoms with Gasteiger partial charge in [-0.1, -0.05) is 98.8 Å². The Bertz CT molecular complexity index is 2060. The minimum atomic E-state index is -2.09. The Balaban J connectivity index is 1.34. The van der Waals surface area contributed by atoms with Crippen LogP contribution in [0.15, 0.2) is 109 Å². The third-order valence-corrected chi connectivity index (χ3v) is 13.2. The molecule has 4 aromatic carbocycles. The van der Waals surface area contributed by atoms with Crippen LogP contribution in [-0.2, 0) is 5.41 Å². The number of hydrogen-bond donors (Lipinski definition) is 0. The van der Waals surface area contributed by atoms with E-state index in [0.717, 1.165) is 12.5 Å². The van der Waals surface area contributed by atoms with Gasteiger partial charge in [0, 0.05) is 28.2 Å². The number of rotatable bonds is 4. The largest absolute Gasteiger partial charge is 0.347 e. The topological polar surface area (TPSA) is 24.3 Å². The molecule has 7 rings (SSSR count). The van der Waals surface area contributed by atoms with E-state index in [1.54, 1.807) is 0 Å². The van der Waals surface area contributed by atoms with E-state index in [1.165, 1.54) is 54.8 Å². The lowest BCUT2D eigenvalue weighted by Gasteiger charge is -2.34. The van der Waals surface area contributed by atoms with Crippen LogP contribution in [0.3, 0.4) is 0 Å². The summed E-state index contributed by atoms with van der Waals surface area (Å²) in [6.45, 7) is 19.5. The van der Waals surface area contributed by atoms with Gasteiger partial charge in [-0.05, 0) is 80.3 Å². The maximum atomic E-state index is 4.91. The first kappa shape index (κ1) is 29.4. The number of hydrogen-bond acceptors (Lipinski definition) is 3. The third kappa shape index (κ3) is 4.94. The van der Waals surface area contributed by atoms with Gasteiger partial charge in [0.2, 0.25) is 0 Å². The van der Waals surface area contributed by atoms with E-state index in [4.69, 9.17) is 4.98 Å². The van der Waals surface area contributed by atoms with Gasteiger partial charge < -0.3 is 9.80 Å². The SMILES string of the molecule is CC(C)(C)c1ccnc(-n2c3ccccc3c3ccc([Si](C)(C)c4cccc(N5CN(C(C)(C)C)c6ccccc65)c4)cc32)c1. The summed E-state index contributed by atoms with van der Waals surface area (Å²) >= 11 is 0. The molecule has 0 aliphatic carbocycles. The number of nitrogens with zero attached hydrogens (tertiary/aromatic N) is 4. The highest BCUT2D eigenvalue weighted by molar-refractivity contribution is 7.00. The second kappa shape index (κ2) is 10.3. The number of benzene rings is 4. The van der Waals surface area contributed by atoms with Gasteiger partial charge in [0.05, 0.1) is 29.1 Å². The molecule has 0 unspecified atom stereocenters. The molecular formula is C40H44N4Si. The molecule has 0 fully saturated rings. The van der Waals surface area contributed by atoms with E-state index < -0.39 is 8.07 Å². The van der Waals surface area contributed by atoms with E-state index in [0.29, 0.717) is 0 Å². The zero-order chi connectivity index (χ0) is 31.7. The first-order valence-electron chi connectivity index (χ1n) is 16.1. The average Bonchev–Trinajstić information content (AvgIpc) is 3.57. The Morgan fingerprint density at radius 1 is 0.644 bits per heavy atom. The number of pyridine rings is 1. The Labute approximate surface area is 269 Å². The van der Waals surface area contributed by atoms with Crippen LogP contribution >= 0.6 is 0 Å². The van der Waals surface area contributed by atoms with E-state index in [9.17, 15) is 0 Å². The van der Waals surface area contributed by atoms with Crippen molar-refractivity contribution in [2.75, 3.05) is 16.5 Å². The van der Waals surface area contributed by atoms with E-state index in [1.807, 2.05) is 6.20 Å². The molecule has 0 spiro atoms. The molecule has 4 nitrogen and oxygen atoms in total. The molecule has 0 N–H and O–H groups in total. The van der Waals surface area contributed by atoms with Crippen molar-refractivity contribution in [1.82, 2.24) is 9.55 Å². The predicted octanol–water partition coefficient (Wildman–Crippen LogP) is 9.01. The van der Waals surface area contributed by atoms with Crippen molar-refractivity contribution in [2.24, 2.45) is 0 Å². The van der Waals surface area contributed by atoms with Crippen molar-refractivity contribution >= 4 is 57.3 Å². The lowest BCUT2D eigenvalue weighted by atomic mass is 9.88. The Morgan fingerprint density at radius 2 is 1.33 bits per heavy atom. The van der Waals surface area contributed by atoms with Crippen molar-refractivity contribution in [3.8, 4) is 5.82 Å². The summed E-state index contributed by atoms with van der Waals surface area (Å²) in [5, 5.41) is 5.38. The fourth-order valence-corrected chi connectivity index (χ4v) is 9.20. The first-order chi connectivity index (χ1) is 21.3. The first-order valence-corrected chi connectivity index (χ1v) is 19.1. The summed E-state index contributed by atoms with van der Waals surface area (Å²) < 4.78 is 2.37. The molecular weight excluding hydrogens is 565 g/mol. The minimum Gasteiger partial charge on any atom is -0.347 e. The van der Waals surface area contributed by atoms with Gasteiger partial charge in [0.1, 0.15) is 13.9 Å². The van der Waals surface area contributed by atoms with Gasteiger partial charge in [-0.15, -0.1) is 0 Å². The molecule has 3 heterocycles. The fourth-order valence-electron chi connectivity index (χ4n) is 6.85. The van der Waals surface area contributed by atoms with Crippen LogP contribution in [0.4, 0.5) is 17.1 Å². The minimum absolute atomic E-state index is 0.0333. The van der Waals surface area contributed by atoms with Crippen LogP contribution < -0.4 is 20.2 Å². The summed E-state index contributed by atoms with van der Waals surface area (Å²) in [6, 6.07) is 38.4. The number of anilines is 3. The standard InChI is InChI=1S/C40H44N4Si/c1-39(2,3)28-22-23-41-38(24-28)44-34-17-10-9-16-32(34)33-21-20-31(26-37(33)44)45(7,8)30-15-13-14-29(25-30)42-27-43(40(4,5)6)36-19-12-11-18-35(36)42/h9-26H,27H2,1-8H3. The van der Waals surface area contributed by atoms with Crippen LogP contribution in [0.1, 0.15) is 47.1 Å². The smallest absolute Gasteiger partial charge is 0.137 e. The van der Waals surface area contributed by atoms with Crippen LogP contribution in [0.2, 0.25) is 13.1 Å². The van der Waals surface area contributed by atoms with Gasteiger partial charge >= 0.3 is 0 Å². The summed E-state index contributed by atoms with van der Waals surface area (Å²) in [5.74, 6) is 0.975. The second-order valence-electron chi connectivity index (χ2n) is 15.1. The molecule has 0 atom stereocenters. The monoisotopic (exact) mass is 608 g/mol. The Kier molecular flexibility index (Phi) is 6.75. The van der Waals surface area contributed by atoms with E-state index >= 15 is 0 Å². The molecule has 0 saturated carbocycles. The molecule has 228 valence electrons. The van der Waals surface area contributed by atoms with Crippen LogP contribution in [0, 0.1) is 0 Å². The Hall–Kier alpha value is -4.35. The van der Waals surface area contributed by atoms with Gasteiger partial charge in [0.25, 0.3) is 0 Å². The average molecular weight is 609 g/mol. The summed E-state index contributed by atoms with van der Waals surface area (Å²) in [4.78, 5) is 9.89. The zero-order valence-corrected chi connectivity index (χ0v) is 28.9. The van der Waals surface area contributed by atoms with Gasteiger partial charge in [-0.2, -0.15) is 0 Å².